The molecule has 0 spiro atoms. The number of benzene rings is 2. The number of carbonyl (C=O) groups is 1. The second-order valence-electron chi connectivity index (χ2n) is 8.36. The Labute approximate surface area is 185 Å². The maximum Gasteiger partial charge on any atom is 0.306 e. The van der Waals surface area contributed by atoms with Gasteiger partial charge >= 0.3 is 5.97 Å². The van der Waals surface area contributed by atoms with Crippen molar-refractivity contribution in [2.75, 3.05) is 6.61 Å². The van der Waals surface area contributed by atoms with E-state index in [2.05, 4.69) is 10.3 Å². The molecule has 0 aliphatic heterocycles. The molecule has 0 bridgehead atoms. The van der Waals surface area contributed by atoms with Crippen molar-refractivity contribution in [2.45, 2.75) is 58.6 Å². The van der Waals surface area contributed by atoms with E-state index in [1.807, 2.05) is 19.1 Å². The molecule has 32 heavy (non-hydrogen) atoms. The van der Waals surface area contributed by atoms with E-state index < -0.39 is 18.3 Å². The zero-order valence-corrected chi connectivity index (χ0v) is 18.2. The SMILES string of the molecule is CCOC(=O)CC(c1ccc(C)c(CO)c1)c1ccc2c(nnn2CC2CC2)c1C(F)F. The van der Waals surface area contributed by atoms with Gasteiger partial charge in [0.05, 0.1) is 30.7 Å². The number of nitrogens with zero attached hydrogens (tertiary/aromatic N) is 3. The molecule has 1 aliphatic rings. The molecule has 0 saturated heterocycles. The number of aliphatic hydroxyl groups excluding tert-OH is 1. The highest BCUT2D eigenvalue weighted by atomic mass is 19.3. The number of aliphatic hydroxyl groups is 1. The highest BCUT2D eigenvalue weighted by molar-refractivity contribution is 5.81. The monoisotopic (exact) mass is 443 g/mol. The molecule has 0 radical (unpaired) electrons. The van der Waals surface area contributed by atoms with Crippen molar-refractivity contribution in [3.63, 3.8) is 0 Å². The number of ether oxygens (including phenoxy) is 1. The largest absolute Gasteiger partial charge is 0.466 e. The topological polar surface area (TPSA) is 77.2 Å². The summed E-state index contributed by atoms with van der Waals surface area (Å²) >= 11 is 0. The quantitative estimate of drug-likeness (QED) is 0.487. The molecule has 4 rings (SSSR count). The Morgan fingerprint density at radius 3 is 2.72 bits per heavy atom. The number of alkyl halides is 2. The number of esters is 1. The first-order chi connectivity index (χ1) is 15.4. The summed E-state index contributed by atoms with van der Waals surface area (Å²) in [5.74, 6) is -0.612. The summed E-state index contributed by atoms with van der Waals surface area (Å²) in [4.78, 5) is 12.4. The minimum atomic E-state index is -2.78. The molecule has 8 heteroatoms. The molecule has 1 saturated carbocycles. The maximum atomic E-state index is 14.4. The Balaban J connectivity index is 1.84. The van der Waals surface area contributed by atoms with E-state index in [-0.39, 0.29) is 30.7 Å². The number of rotatable bonds is 9. The molecular formula is C24H27F2N3O3. The molecule has 6 nitrogen and oxygen atoms in total. The highest BCUT2D eigenvalue weighted by Crippen LogP contribution is 2.40. The number of aromatic nitrogens is 3. The van der Waals surface area contributed by atoms with E-state index in [9.17, 15) is 18.7 Å². The number of halogens is 2. The second kappa shape index (κ2) is 9.32. The van der Waals surface area contributed by atoms with E-state index >= 15 is 0 Å². The van der Waals surface area contributed by atoms with Gasteiger partial charge < -0.3 is 9.84 Å². The number of hydrogen-bond donors (Lipinski definition) is 1. The van der Waals surface area contributed by atoms with Gasteiger partial charge in [0.25, 0.3) is 6.43 Å². The van der Waals surface area contributed by atoms with Crippen LogP contribution in [0.3, 0.4) is 0 Å². The summed E-state index contributed by atoms with van der Waals surface area (Å²) in [7, 11) is 0. The van der Waals surface area contributed by atoms with Crippen molar-refractivity contribution in [3.05, 3.63) is 58.1 Å². The predicted molar refractivity (Wildman–Crippen MR) is 115 cm³/mol. The van der Waals surface area contributed by atoms with Crippen LogP contribution in [0.4, 0.5) is 8.78 Å². The van der Waals surface area contributed by atoms with Crippen LogP contribution in [-0.4, -0.2) is 32.7 Å². The van der Waals surface area contributed by atoms with E-state index in [0.717, 1.165) is 18.4 Å². The lowest BCUT2D eigenvalue weighted by Crippen LogP contribution is -2.14. The average Bonchev–Trinajstić information content (AvgIpc) is 3.50. The molecule has 1 aliphatic carbocycles. The van der Waals surface area contributed by atoms with Crippen molar-refractivity contribution in [1.82, 2.24) is 15.0 Å². The predicted octanol–water partition coefficient (Wildman–Crippen LogP) is 4.66. The Morgan fingerprint density at radius 2 is 2.06 bits per heavy atom. The highest BCUT2D eigenvalue weighted by Gasteiger charge is 2.30. The van der Waals surface area contributed by atoms with Gasteiger partial charge in [0.2, 0.25) is 0 Å². The Bertz CT molecular complexity index is 1130. The van der Waals surface area contributed by atoms with Gasteiger partial charge in [0, 0.05) is 12.5 Å². The van der Waals surface area contributed by atoms with Gasteiger partial charge in [0.15, 0.2) is 0 Å². The molecule has 170 valence electrons. The van der Waals surface area contributed by atoms with E-state index in [4.69, 9.17) is 4.74 Å². The van der Waals surface area contributed by atoms with Crippen LogP contribution in [0, 0.1) is 12.8 Å². The van der Waals surface area contributed by atoms with Gasteiger partial charge in [-0.15, -0.1) is 5.10 Å². The summed E-state index contributed by atoms with van der Waals surface area (Å²) in [6.45, 7) is 4.27. The number of fused-ring (bicyclic) bond motifs is 1. The van der Waals surface area contributed by atoms with Crippen molar-refractivity contribution >= 4 is 17.0 Å². The van der Waals surface area contributed by atoms with Crippen LogP contribution in [0.15, 0.2) is 30.3 Å². The van der Waals surface area contributed by atoms with Crippen molar-refractivity contribution < 1.29 is 23.4 Å². The lowest BCUT2D eigenvalue weighted by Gasteiger charge is -2.22. The second-order valence-corrected chi connectivity index (χ2v) is 8.36. The van der Waals surface area contributed by atoms with Gasteiger partial charge in [-0.25, -0.2) is 13.5 Å². The summed E-state index contributed by atoms with van der Waals surface area (Å²) in [5.41, 5.74) is 3.11. The van der Waals surface area contributed by atoms with Gasteiger partial charge in [-0.3, -0.25) is 4.79 Å². The Morgan fingerprint density at radius 1 is 1.28 bits per heavy atom. The van der Waals surface area contributed by atoms with Gasteiger partial charge in [-0.05, 0) is 60.9 Å². The molecule has 3 aromatic rings. The van der Waals surface area contributed by atoms with Crippen LogP contribution in [0.2, 0.25) is 0 Å². The minimum absolute atomic E-state index is 0.0940. The van der Waals surface area contributed by atoms with Gasteiger partial charge in [-0.2, -0.15) is 0 Å². The third-order valence-corrected chi connectivity index (χ3v) is 6.10. The van der Waals surface area contributed by atoms with Crippen LogP contribution in [0.25, 0.3) is 11.0 Å². The fourth-order valence-corrected chi connectivity index (χ4v) is 4.16. The first kappa shape index (κ1) is 22.3. The minimum Gasteiger partial charge on any atom is -0.466 e. The van der Waals surface area contributed by atoms with Crippen molar-refractivity contribution in [2.24, 2.45) is 5.92 Å². The molecule has 1 unspecified atom stereocenters. The van der Waals surface area contributed by atoms with E-state index in [1.165, 1.54) is 0 Å². The van der Waals surface area contributed by atoms with Crippen LogP contribution < -0.4 is 0 Å². The van der Waals surface area contributed by atoms with E-state index in [1.54, 1.807) is 29.8 Å². The molecule has 1 atom stereocenters. The molecule has 2 aromatic carbocycles. The standard InChI is InChI=1S/C24H27F2N3O3/c1-3-32-21(31)11-19(16-7-4-14(2)17(10-16)13-30)18-8-9-20-23(22(18)24(25)26)27-28-29(20)12-15-5-6-15/h4,7-10,15,19,24,30H,3,5-6,11-13H2,1-2H3. The zero-order valence-electron chi connectivity index (χ0n) is 18.2. The van der Waals surface area contributed by atoms with Crippen LogP contribution >= 0.6 is 0 Å². The first-order valence-corrected chi connectivity index (χ1v) is 10.9. The number of hydrogen-bond acceptors (Lipinski definition) is 5. The lowest BCUT2D eigenvalue weighted by atomic mass is 9.84. The van der Waals surface area contributed by atoms with Crippen LogP contribution in [-0.2, 0) is 22.7 Å². The fourth-order valence-electron chi connectivity index (χ4n) is 4.16. The molecule has 0 amide bonds. The molecular weight excluding hydrogens is 416 g/mol. The third-order valence-electron chi connectivity index (χ3n) is 6.10. The van der Waals surface area contributed by atoms with Crippen LogP contribution in [0.5, 0.6) is 0 Å². The zero-order chi connectivity index (χ0) is 22.8. The normalized spacial score (nSPS) is 14.8. The summed E-state index contributed by atoms with van der Waals surface area (Å²) in [6.07, 6.45) is -0.650. The summed E-state index contributed by atoms with van der Waals surface area (Å²) in [6, 6.07) is 8.81. The van der Waals surface area contributed by atoms with Gasteiger partial charge in [0.1, 0.15) is 5.52 Å². The van der Waals surface area contributed by atoms with E-state index in [0.29, 0.717) is 34.7 Å². The number of carbonyl (C=O) groups excluding carboxylic acids is 1. The molecule has 1 heterocycles. The van der Waals surface area contributed by atoms with Gasteiger partial charge in [-0.1, -0.05) is 29.5 Å². The molecule has 1 aromatic heterocycles. The summed E-state index contributed by atoms with van der Waals surface area (Å²) in [5, 5.41) is 17.9. The number of aryl methyl sites for hydroxylation is 1. The van der Waals surface area contributed by atoms with Crippen molar-refractivity contribution in [3.8, 4) is 0 Å². The smallest absolute Gasteiger partial charge is 0.306 e. The molecule has 1 fully saturated rings. The fraction of sp³-hybridized carbons (Fsp3) is 0.458. The lowest BCUT2D eigenvalue weighted by molar-refractivity contribution is -0.143. The third kappa shape index (κ3) is 4.50. The van der Waals surface area contributed by atoms with Crippen molar-refractivity contribution in [1.29, 1.82) is 0 Å². The summed E-state index contributed by atoms with van der Waals surface area (Å²) < 4.78 is 35.6. The molecule has 1 N–H and O–H groups in total. The average molecular weight is 443 g/mol. The van der Waals surface area contributed by atoms with Crippen LogP contribution in [0.1, 0.15) is 66.3 Å². The first-order valence-electron chi connectivity index (χ1n) is 10.9. The maximum absolute atomic E-state index is 14.4. The Kier molecular flexibility index (Phi) is 6.50. The Hall–Kier alpha value is -2.87.